The van der Waals surface area contributed by atoms with Gasteiger partial charge in [-0.05, 0) is 61.8 Å². The number of hydrogen-bond donors (Lipinski definition) is 0. The van der Waals surface area contributed by atoms with Gasteiger partial charge < -0.3 is 9.47 Å². The average molecular weight is 552 g/mol. The highest BCUT2D eigenvalue weighted by molar-refractivity contribution is 7.07. The van der Waals surface area contributed by atoms with Crippen molar-refractivity contribution in [2.45, 2.75) is 33.7 Å². The van der Waals surface area contributed by atoms with E-state index in [9.17, 15) is 4.79 Å². The molecule has 0 saturated heterocycles. The highest BCUT2D eigenvalue weighted by Gasteiger charge is 2.17. The van der Waals surface area contributed by atoms with Gasteiger partial charge in [0.1, 0.15) is 0 Å². The number of rotatable bonds is 10. The quantitative estimate of drug-likeness (QED) is 0.195. The molecule has 6 nitrogen and oxygen atoms in total. The number of aromatic nitrogens is 3. The van der Waals surface area contributed by atoms with Gasteiger partial charge in [-0.3, -0.25) is 9.48 Å². The number of para-hydroxylation sites is 1. The summed E-state index contributed by atoms with van der Waals surface area (Å²) in [6.45, 7) is 10.3. The third-order valence-corrected chi connectivity index (χ3v) is 8.43. The van der Waals surface area contributed by atoms with E-state index in [0.29, 0.717) is 5.69 Å². The molecule has 2 heterocycles. The minimum absolute atomic E-state index is 0.108. The SMILES string of the molecule is CCN(CC)CCCn1c(-c2ccc(-c3ccccc3)cc2)csc1=Nc1c(C)n(C)n(-c2ccccc2)c1=O. The standard InChI is InChI=1S/C33H37N5OS/c1-5-36(6-2)22-13-23-37-30(28-20-18-27(19-21-28)26-14-9-7-10-15-26)24-40-33(37)34-31-25(3)35(4)38(32(31)39)29-16-11-8-12-17-29/h7-12,14-21,24H,5-6,13,22-23H2,1-4H3. The summed E-state index contributed by atoms with van der Waals surface area (Å²) in [6.07, 6.45) is 1.00. The second-order valence-electron chi connectivity index (χ2n) is 9.90. The molecule has 0 bridgehead atoms. The summed E-state index contributed by atoms with van der Waals surface area (Å²) < 4.78 is 5.86. The molecule has 5 rings (SSSR count). The van der Waals surface area contributed by atoms with Crippen molar-refractivity contribution in [3.63, 3.8) is 0 Å². The topological polar surface area (TPSA) is 47.5 Å². The summed E-state index contributed by atoms with van der Waals surface area (Å²) in [5, 5.41) is 2.17. The van der Waals surface area contributed by atoms with E-state index in [1.165, 1.54) is 11.1 Å². The fourth-order valence-corrected chi connectivity index (χ4v) is 6.04. The summed E-state index contributed by atoms with van der Waals surface area (Å²) in [5.41, 5.74) is 6.71. The van der Waals surface area contributed by atoms with Crippen LogP contribution in [0, 0.1) is 6.92 Å². The monoisotopic (exact) mass is 551 g/mol. The van der Waals surface area contributed by atoms with Crippen molar-refractivity contribution < 1.29 is 0 Å². The van der Waals surface area contributed by atoms with Gasteiger partial charge in [0.25, 0.3) is 5.56 Å². The van der Waals surface area contributed by atoms with Gasteiger partial charge >= 0.3 is 0 Å². The molecule has 2 aromatic heterocycles. The lowest BCUT2D eigenvalue weighted by atomic mass is 10.0. The Labute approximate surface area is 240 Å². The van der Waals surface area contributed by atoms with Gasteiger partial charge in [0.15, 0.2) is 10.5 Å². The maximum atomic E-state index is 13.6. The minimum Gasteiger partial charge on any atom is -0.316 e. The predicted molar refractivity (Wildman–Crippen MR) is 167 cm³/mol. The van der Waals surface area contributed by atoms with Crippen molar-refractivity contribution in [1.82, 2.24) is 18.8 Å². The summed E-state index contributed by atoms with van der Waals surface area (Å²) in [7, 11) is 1.91. The van der Waals surface area contributed by atoms with Crippen LogP contribution in [0.1, 0.15) is 26.0 Å². The van der Waals surface area contributed by atoms with Crippen molar-refractivity contribution in [3.05, 3.63) is 111 Å². The fourth-order valence-electron chi connectivity index (χ4n) is 5.10. The summed E-state index contributed by atoms with van der Waals surface area (Å²) in [4.78, 5) is 21.9. The molecule has 0 spiro atoms. The smallest absolute Gasteiger partial charge is 0.297 e. The Balaban J connectivity index is 1.57. The Kier molecular flexibility index (Phi) is 8.63. The fraction of sp³-hybridized carbons (Fsp3) is 0.273. The summed E-state index contributed by atoms with van der Waals surface area (Å²) in [6, 6.07) is 28.9. The second kappa shape index (κ2) is 12.5. The van der Waals surface area contributed by atoms with Crippen LogP contribution >= 0.6 is 11.3 Å². The van der Waals surface area contributed by atoms with Gasteiger partial charge in [0.2, 0.25) is 0 Å². The number of benzene rings is 3. The van der Waals surface area contributed by atoms with Crippen LogP contribution in [0.3, 0.4) is 0 Å². The van der Waals surface area contributed by atoms with E-state index < -0.39 is 0 Å². The number of hydrogen-bond acceptors (Lipinski definition) is 4. The van der Waals surface area contributed by atoms with E-state index in [0.717, 1.165) is 60.0 Å². The van der Waals surface area contributed by atoms with E-state index in [2.05, 4.69) is 77.2 Å². The van der Waals surface area contributed by atoms with Gasteiger partial charge in [0, 0.05) is 19.0 Å². The van der Waals surface area contributed by atoms with Crippen molar-refractivity contribution in [2.24, 2.45) is 12.0 Å². The third kappa shape index (κ3) is 5.67. The zero-order valence-electron chi connectivity index (χ0n) is 23.7. The van der Waals surface area contributed by atoms with Crippen LogP contribution in [-0.2, 0) is 13.6 Å². The molecule has 0 aliphatic carbocycles. The minimum atomic E-state index is -0.108. The Bertz CT molecular complexity index is 1670. The molecule has 40 heavy (non-hydrogen) atoms. The maximum Gasteiger partial charge on any atom is 0.297 e. The lowest BCUT2D eigenvalue weighted by Gasteiger charge is -2.18. The van der Waals surface area contributed by atoms with Crippen molar-refractivity contribution >= 4 is 17.0 Å². The molecule has 0 atom stereocenters. The first-order valence-electron chi connectivity index (χ1n) is 14.0. The lowest BCUT2D eigenvalue weighted by molar-refractivity contribution is 0.293. The molecular formula is C33H37N5OS. The summed E-state index contributed by atoms with van der Waals surface area (Å²) >= 11 is 1.59. The van der Waals surface area contributed by atoms with Gasteiger partial charge in [0.05, 0.1) is 17.1 Å². The molecule has 3 aromatic carbocycles. The largest absolute Gasteiger partial charge is 0.316 e. The Morgan fingerprint density at radius 2 is 1.43 bits per heavy atom. The van der Waals surface area contributed by atoms with Gasteiger partial charge in [-0.2, -0.15) is 0 Å². The first-order valence-corrected chi connectivity index (χ1v) is 14.8. The van der Waals surface area contributed by atoms with Gasteiger partial charge in [-0.25, -0.2) is 9.67 Å². The van der Waals surface area contributed by atoms with Crippen LogP contribution in [0.4, 0.5) is 5.69 Å². The maximum absolute atomic E-state index is 13.6. The van der Waals surface area contributed by atoms with Crippen LogP contribution < -0.4 is 10.4 Å². The molecule has 7 heteroatoms. The molecule has 0 saturated carbocycles. The van der Waals surface area contributed by atoms with Crippen LogP contribution in [0.15, 0.2) is 100 Å². The molecule has 0 N–H and O–H groups in total. The van der Waals surface area contributed by atoms with Crippen molar-refractivity contribution in [2.75, 3.05) is 19.6 Å². The molecule has 0 aliphatic rings. The molecular weight excluding hydrogens is 514 g/mol. The normalized spacial score (nSPS) is 12.0. The Hall–Kier alpha value is -3.94. The number of thiazole rings is 1. The van der Waals surface area contributed by atoms with Crippen molar-refractivity contribution in [3.8, 4) is 28.1 Å². The highest BCUT2D eigenvalue weighted by atomic mass is 32.1. The van der Waals surface area contributed by atoms with Crippen LogP contribution in [-0.4, -0.2) is 38.5 Å². The van der Waals surface area contributed by atoms with Crippen molar-refractivity contribution in [1.29, 1.82) is 0 Å². The van der Waals surface area contributed by atoms with Gasteiger partial charge in [-0.1, -0.05) is 86.6 Å². The van der Waals surface area contributed by atoms with E-state index in [4.69, 9.17) is 4.99 Å². The molecule has 206 valence electrons. The average Bonchev–Trinajstić information content (AvgIpc) is 3.49. The van der Waals surface area contributed by atoms with E-state index >= 15 is 0 Å². The predicted octanol–water partition coefficient (Wildman–Crippen LogP) is 6.65. The van der Waals surface area contributed by atoms with E-state index in [1.807, 2.05) is 55.1 Å². The zero-order valence-corrected chi connectivity index (χ0v) is 24.6. The van der Waals surface area contributed by atoms with Gasteiger partial charge in [-0.15, -0.1) is 11.3 Å². The molecule has 0 unspecified atom stereocenters. The third-order valence-electron chi connectivity index (χ3n) is 7.57. The summed E-state index contributed by atoms with van der Waals surface area (Å²) in [5.74, 6) is 0. The van der Waals surface area contributed by atoms with E-state index in [-0.39, 0.29) is 5.56 Å². The first-order chi connectivity index (χ1) is 19.5. The van der Waals surface area contributed by atoms with Crippen LogP contribution in [0.5, 0.6) is 0 Å². The molecule has 0 radical (unpaired) electrons. The van der Waals surface area contributed by atoms with Crippen LogP contribution in [0.2, 0.25) is 0 Å². The molecule has 0 aliphatic heterocycles. The van der Waals surface area contributed by atoms with E-state index in [1.54, 1.807) is 16.0 Å². The molecule has 0 amide bonds. The first kappa shape index (κ1) is 27.6. The Morgan fingerprint density at radius 1 is 0.825 bits per heavy atom. The lowest BCUT2D eigenvalue weighted by Crippen LogP contribution is -2.26. The highest BCUT2D eigenvalue weighted by Crippen LogP contribution is 2.26. The number of nitrogens with zero attached hydrogens (tertiary/aromatic N) is 5. The zero-order chi connectivity index (χ0) is 28.1. The second-order valence-corrected chi connectivity index (χ2v) is 10.7. The molecule has 5 aromatic rings. The Morgan fingerprint density at radius 3 is 2.08 bits per heavy atom. The molecule has 0 fully saturated rings. The van der Waals surface area contributed by atoms with Crippen LogP contribution in [0.25, 0.3) is 28.1 Å².